The van der Waals surface area contributed by atoms with Gasteiger partial charge in [-0.1, -0.05) is 69.6 Å². The summed E-state index contributed by atoms with van der Waals surface area (Å²) in [6.45, 7) is 3.72. The van der Waals surface area contributed by atoms with Crippen LogP contribution in [0.25, 0.3) is 0 Å². The molecule has 3 heteroatoms. The normalized spacial score (nSPS) is 28.6. The summed E-state index contributed by atoms with van der Waals surface area (Å²) in [5.41, 5.74) is 1.26. The summed E-state index contributed by atoms with van der Waals surface area (Å²) < 4.78 is 13.0. The number of aryl methyl sites for hydroxylation is 1. The quantitative estimate of drug-likeness (QED) is 0.451. The van der Waals surface area contributed by atoms with E-state index >= 15 is 0 Å². The smallest absolute Gasteiger partial charge is 0.310 e. The molecule has 0 bridgehead atoms. The number of hydrogen-bond acceptors (Lipinski definition) is 1. The number of halogens is 1. The van der Waals surface area contributed by atoms with E-state index in [1.54, 1.807) is 18.2 Å². The molecule has 0 radical (unpaired) electrons. The highest BCUT2D eigenvalue weighted by atomic mass is 19.1. The van der Waals surface area contributed by atoms with Crippen molar-refractivity contribution < 1.29 is 14.3 Å². The van der Waals surface area contributed by atoms with Crippen molar-refractivity contribution >= 4 is 5.97 Å². The number of carboxylic acids is 1. The number of carbonyl (C=O) groups is 1. The molecule has 0 saturated heterocycles. The van der Waals surface area contributed by atoms with Gasteiger partial charge in [0.2, 0.25) is 0 Å². The second kappa shape index (κ2) is 10.9. The SMILES string of the molecule is C=CC(C(=O)O)C1CCC(CC[C@H]2CC[C@H](CCc3ccc(F)cc3)CC2)CC1. The summed E-state index contributed by atoms with van der Waals surface area (Å²) in [7, 11) is 0. The van der Waals surface area contributed by atoms with Crippen LogP contribution in [0, 0.1) is 35.4 Å². The molecule has 0 aromatic heterocycles. The molecule has 2 aliphatic rings. The van der Waals surface area contributed by atoms with Gasteiger partial charge in [-0.3, -0.25) is 4.79 Å². The molecule has 1 aromatic carbocycles. The van der Waals surface area contributed by atoms with Gasteiger partial charge in [0.15, 0.2) is 0 Å². The largest absolute Gasteiger partial charge is 0.481 e. The Morgan fingerprint density at radius 3 is 1.90 bits per heavy atom. The lowest BCUT2D eigenvalue weighted by atomic mass is 9.72. The summed E-state index contributed by atoms with van der Waals surface area (Å²) in [4.78, 5) is 11.3. The van der Waals surface area contributed by atoms with E-state index in [1.807, 2.05) is 12.1 Å². The number of carboxylic acid groups (broad SMARTS) is 1. The van der Waals surface area contributed by atoms with E-state index in [0.717, 1.165) is 37.0 Å². The van der Waals surface area contributed by atoms with Crippen LogP contribution in [0.1, 0.15) is 76.2 Å². The van der Waals surface area contributed by atoms with Crippen molar-refractivity contribution in [2.24, 2.45) is 29.6 Å². The van der Waals surface area contributed by atoms with Crippen LogP contribution < -0.4 is 0 Å². The van der Waals surface area contributed by atoms with Crippen molar-refractivity contribution in [2.75, 3.05) is 0 Å². The van der Waals surface area contributed by atoms with Crippen molar-refractivity contribution in [2.45, 2.75) is 77.0 Å². The maximum atomic E-state index is 13.0. The van der Waals surface area contributed by atoms with Gasteiger partial charge in [0, 0.05) is 0 Å². The minimum atomic E-state index is -0.709. The maximum Gasteiger partial charge on any atom is 0.310 e. The van der Waals surface area contributed by atoms with E-state index in [9.17, 15) is 14.3 Å². The third-order valence-corrected chi connectivity index (χ3v) is 7.64. The van der Waals surface area contributed by atoms with Gasteiger partial charge in [0.1, 0.15) is 5.82 Å². The molecule has 1 N–H and O–H groups in total. The van der Waals surface area contributed by atoms with Crippen molar-refractivity contribution in [3.05, 3.63) is 48.3 Å². The van der Waals surface area contributed by atoms with Crippen LogP contribution in [-0.2, 0) is 11.2 Å². The predicted octanol–water partition coefficient (Wildman–Crippen LogP) is 7.04. The highest BCUT2D eigenvalue weighted by Gasteiger charge is 2.30. The molecule has 1 atom stereocenters. The molecule has 1 unspecified atom stereocenters. The van der Waals surface area contributed by atoms with Gasteiger partial charge in [-0.05, 0) is 67.1 Å². The summed E-state index contributed by atoms with van der Waals surface area (Å²) in [5.74, 6) is 1.58. The topological polar surface area (TPSA) is 37.3 Å². The predicted molar refractivity (Wildman–Crippen MR) is 116 cm³/mol. The molecular formula is C26H37FO2. The number of rotatable bonds is 9. The Morgan fingerprint density at radius 2 is 1.41 bits per heavy atom. The molecule has 2 aliphatic carbocycles. The number of hydrogen-bond donors (Lipinski definition) is 1. The highest BCUT2D eigenvalue weighted by Crippen LogP contribution is 2.39. The lowest BCUT2D eigenvalue weighted by Gasteiger charge is -2.33. The second-order valence-corrected chi connectivity index (χ2v) is 9.51. The van der Waals surface area contributed by atoms with Gasteiger partial charge in [0.25, 0.3) is 0 Å². The first-order valence-electron chi connectivity index (χ1n) is 11.6. The molecule has 29 heavy (non-hydrogen) atoms. The maximum absolute atomic E-state index is 13.0. The summed E-state index contributed by atoms with van der Waals surface area (Å²) in [6, 6.07) is 6.98. The molecule has 0 amide bonds. The highest BCUT2D eigenvalue weighted by molar-refractivity contribution is 5.72. The zero-order chi connectivity index (χ0) is 20.6. The molecule has 0 heterocycles. The monoisotopic (exact) mass is 400 g/mol. The van der Waals surface area contributed by atoms with E-state index in [-0.39, 0.29) is 17.7 Å². The fraction of sp³-hybridized carbons (Fsp3) is 0.654. The van der Waals surface area contributed by atoms with Crippen molar-refractivity contribution in [1.29, 1.82) is 0 Å². The van der Waals surface area contributed by atoms with Crippen LogP contribution in [0.4, 0.5) is 4.39 Å². The van der Waals surface area contributed by atoms with Crippen LogP contribution in [0.15, 0.2) is 36.9 Å². The van der Waals surface area contributed by atoms with Gasteiger partial charge in [-0.25, -0.2) is 4.39 Å². The summed E-state index contributed by atoms with van der Waals surface area (Å²) in [5, 5.41) is 9.31. The zero-order valence-corrected chi connectivity index (χ0v) is 17.7. The molecule has 2 saturated carbocycles. The Kier molecular flexibility index (Phi) is 8.32. The van der Waals surface area contributed by atoms with E-state index in [2.05, 4.69) is 6.58 Å². The fourth-order valence-corrected chi connectivity index (χ4v) is 5.63. The van der Waals surface area contributed by atoms with Gasteiger partial charge in [0.05, 0.1) is 5.92 Å². The van der Waals surface area contributed by atoms with Crippen molar-refractivity contribution in [1.82, 2.24) is 0 Å². The molecule has 0 spiro atoms. The Morgan fingerprint density at radius 1 is 0.931 bits per heavy atom. The molecule has 2 fully saturated rings. The van der Waals surface area contributed by atoms with Gasteiger partial charge >= 0.3 is 5.97 Å². The van der Waals surface area contributed by atoms with Crippen molar-refractivity contribution in [3.63, 3.8) is 0 Å². The lowest BCUT2D eigenvalue weighted by molar-refractivity contribution is -0.142. The van der Waals surface area contributed by atoms with Crippen LogP contribution in [0.3, 0.4) is 0 Å². The minimum Gasteiger partial charge on any atom is -0.481 e. The molecular weight excluding hydrogens is 363 g/mol. The van der Waals surface area contributed by atoms with Crippen LogP contribution >= 0.6 is 0 Å². The first kappa shape index (κ1) is 22.1. The lowest BCUT2D eigenvalue weighted by Crippen LogP contribution is -2.26. The van der Waals surface area contributed by atoms with Crippen LogP contribution in [-0.4, -0.2) is 11.1 Å². The summed E-state index contributed by atoms with van der Waals surface area (Å²) in [6.07, 6.45) is 16.5. The Balaban J connectivity index is 1.30. The first-order chi connectivity index (χ1) is 14.0. The second-order valence-electron chi connectivity index (χ2n) is 9.51. The average molecular weight is 401 g/mol. The van der Waals surface area contributed by atoms with E-state index in [1.165, 1.54) is 63.4 Å². The third kappa shape index (κ3) is 6.69. The Hall–Kier alpha value is -1.64. The van der Waals surface area contributed by atoms with Gasteiger partial charge in [-0.2, -0.15) is 0 Å². The zero-order valence-electron chi connectivity index (χ0n) is 17.7. The third-order valence-electron chi connectivity index (χ3n) is 7.64. The molecule has 0 aliphatic heterocycles. The summed E-state index contributed by atoms with van der Waals surface area (Å²) >= 11 is 0. The van der Waals surface area contributed by atoms with E-state index < -0.39 is 5.97 Å². The number of benzene rings is 1. The first-order valence-corrected chi connectivity index (χ1v) is 11.6. The Labute approximate surface area is 175 Å². The minimum absolute atomic E-state index is 0.148. The molecule has 3 rings (SSSR count). The van der Waals surface area contributed by atoms with Gasteiger partial charge < -0.3 is 5.11 Å². The Bertz CT molecular complexity index is 637. The number of aliphatic carboxylic acids is 1. The van der Waals surface area contributed by atoms with Crippen LogP contribution in [0.5, 0.6) is 0 Å². The fourth-order valence-electron chi connectivity index (χ4n) is 5.63. The average Bonchev–Trinajstić information content (AvgIpc) is 2.74. The standard InChI is InChI=1S/C26H37FO2/c1-2-25(26(28)29)23-15-11-21(12-16-23)9-7-19-3-5-20(6-4-19)8-10-22-13-17-24(27)18-14-22/h2,13-14,17-21,23,25H,1,3-12,15-16H2,(H,28,29)/t19-,20-,21?,23?,25?. The van der Waals surface area contributed by atoms with Crippen molar-refractivity contribution in [3.8, 4) is 0 Å². The van der Waals surface area contributed by atoms with E-state index in [0.29, 0.717) is 0 Å². The molecule has 2 nitrogen and oxygen atoms in total. The van der Waals surface area contributed by atoms with Crippen LogP contribution in [0.2, 0.25) is 0 Å². The van der Waals surface area contributed by atoms with E-state index in [4.69, 9.17) is 0 Å². The molecule has 160 valence electrons. The van der Waals surface area contributed by atoms with Gasteiger partial charge in [-0.15, -0.1) is 6.58 Å². The molecule has 1 aromatic rings.